The molecule has 0 saturated heterocycles. The summed E-state index contributed by atoms with van der Waals surface area (Å²) in [5.41, 5.74) is 5.34. The van der Waals surface area contributed by atoms with Crippen LogP contribution in [0.5, 0.6) is 0 Å². The van der Waals surface area contributed by atoms with Gasteiger partial charge in [-0.2, -0.15) is 0 Å². The quantitative estimate of drug-likeness (QED) is 0.660. The Bertz CT molecular complexity index is 1030. The summed E-state index contributed by atoms with van der Waals surface area (Å²) in [5.74, 6) is 0.286. The Labute approximate surface area is 159 Å². The molecule has 2 aromatic rings. The predicted molar refractivity (Wildman–Crippen MR) is 110 cm³/mol. The normalized spacial score (nSPS) is 25.8. The SMILES string of the molecule is C/C=C1\[C@H]2C=C(C)C[C@]1(/N=C/C=C/c1cccnc1)c1ccc(=O)[nH]c1C2. The fourth-order valence-corrected chi connectivity index (χ4v) is 4.45. The zero-order chi connectivity index (χ0) is 18.9. The molecule has 2 aliphatic rings. The number of rotatable bonds is 3. The second-order valence-corrected chi connectivity index (χ2v) is 7.24. The van der Waals surface area contributed by atoms with Gasteiger partial charge in [0.15, 0.2) is 0 Å². The number of aliphatic imine (C=N–C) groups is 1. The molecule has 2 atom stereocenters. The Morgan fingerprint density at radius 3 is 3.00 bits per heavy atom. The number of hydrogen-bond acceptors (Lipinski definition) is 3. The average molecular weight is 357 g/mol. The van der Waals surface area contributed by atoms with Gasteiger partial charge in [0, 0.05) is 48.3 Å². The summed E-state index contributed by atoms with van der Waals surface area (Å²) in [4.78, 5) is 24.1. The first-order valence-corrected chi connectivity index (χ1v) is 9.31. The van der Waals surface area contributed by atoms with Gasteiger partial charge in [-0.3, -0.25) is 14.8 Å². The summed E-state index contributed by atoms with van der Waals surface area (Å²) >= 11 is 0. The molecule has 0 unspecified atom stereocenters. The molecule has 0 aromatic carbocycles. The number of pyridine rings is 2. The third-order valence-corrected chi connectivity index (χ3v) is 5.43. The molecule has 2 aliphatic carbocycles. The zero-order valence-electron chi connectivity index (χ0n) is 15.6. The van der Waals surface area contributed by atoms with Crippen LogP contribution in [-0.4, -0.2) is 16.2 Å². The Balaban J connectivity index is 1.79. The molecule has 1 N–H and O–H groups in total. The molecular formula is C23H23N3O. The smallest absolute Gasteiger partial charge is 0.248 e. The number of fused-ring (bicyclic) bond motifs is 4. The van der Waals surface area contributed by atoms with Crippen molar-refractivity contribution in [2.45, 2.75) is 32.2 Å². The molecular weight excluding hydrogens is 334 g/mol. The van der Waals surface area contributed by atoms with E-state index in [9.17, 15) is 4.79 Å². The van der Waals surface area contributed by atoms with Crippen LogP contribution >= 0.6 is 0 Å². The van der Waals surface area contributed by atoms with Gasteiger partial charge in [-0.1, -0.05) is 29.9 Å². The summed E-state index contributed by atoms with van der Waals surface area (Å²) in [6.45, 7) is 4.26. The van der Waals surface area contributed by atoms with Gasteiger partial charge in [0.05, 0.1) is 0 Å². The Morgan fingerprint density at radius 2 is 2.22 bits per heavy atom. The Morgan fingerprint density at radius 1 is 1.33 bits per heavy atom. The van der Waals surface area contributed by atoms with E-state index >= 15 is 0 Å². The second-order valence-electron chi connectivity index (χ2n) is 7.24. The molecule has 27 heavy (non-hydrogen) atoms. The van der Waals surface area contributed by atoms with E-state index in [-0.39, 0.29) is 11.5 Å². The molecule has 4 heteroatoms. The Hall–Kier alpha value is -3.01. The van der Waals surface area contributed by atoms with Gasteiger partial charge in [0.25, 0.3) is 0 Å². The van der Waals surface area contributed by atoms with E-state index in [0.717, 1.165) is 29.7 Å². The largest absolute Gasteiger partial charge is 0.326 e. The maximum absolute atomic E-state index is 11.9. The standard InChI is InChI=1S/C23H23N3O/c1-3-19-18-12-16(2)14-23(19,20-8-9-22(27)26-21(20)13-18)25-11-5-7-17-6-4-10-24-15-17/h3-12,15,18H,13-14H2,1-2H3,(H,26,27)/b7-5+,19-3+,25-11+/t18-,23+/m0/s1. The number of H-pyrrole nitrogens is 1. The van der Waals surface area contributed by atoms with Crippen molar-refractivity contribution in [1.82, 2.24) is 9.97 Å². The maximum Gasteiger partial charge on any atom is 0.248 e. The highest BCUT2D eigenvalue weighted by molar-refractivity contribution is 5.79. The van der Waals surface area contributed by atoms with E-state index in [0.29, 0.717) is 0 Å². The number of allylic oxidation sites excluding steroid dienone is 3. The fraction of sp³-hybridized carbons (Fsp3) is 0.261. The molecule has 136 valence electrons. The topological polar surface area (TPSA) is 58.1 Å². The summed E-state index contributed by atoms with van der Waals surface area (Å²) in [7, 11) is 0. The van der Waals surface area contributed by atoms with Gasteiger partial charge >= 0.3 is 0 Å². The minimum absolute atomic E-state index is 0.0490. The monoisotopic (exact) mass is 357 g/mol. The molecule has 0 saturated carbocycles. The fourth-order valence-electron chi connectivity index (χ4n) is 4.45. The summed E-state index contributed by atoms with van der Waals surface area (Å²) in [6.07, 6.45) is 15.6. The van der Waals surface area contributed by atoms with Crippen LogP contribution in [0.4, 0.5) is 0 Å². The van der Waals surface area contributed by atoms with Gasteiger partial charge in [0.2, 0.25) is 5.56 Å². The van der Waals surface area contributed by atoms with Gasteiger partial charge in [0.1, 0.15) is 5.54 Å². The first-order chi connectivity index (χ1) is 13.1. The number of nitrogens with one attached hydrogen (secondary N) is 1. The highest BCUT2D eigenvalue weighted by atomic mass is 16.1. The minimum Gasteiger partial charge on any atom is -0.326 e. The first-order valence-electron chi connectivity index (χ1n) is 9.31. The van der Waals surface area contributed by atoms with Crippen molar-refractivity contribution in [2.75, 3.05) is 0 Å². The van der Waals surface area contributed by atoms with E-state index in [4.69, 9.17) is 4.99 Å². The molecule has 0 aliphatic heterocycles. The van der Waals surface area contributed by atoms with Crippen LogP contribution in [0.15, 0.2) is 75.8 Å². The molecule has 0 amide bonds. The zero-order valence-corrected chi connectivity index (χ0v) is 15.6. The third-order valence-electron chi connectivity index (χ3n) is 5.43. The van der Waals surface area contributed by atoms with Crippen LogP contribution in [0.3, 0.4) is 0 Å². The maximum atomic E-state index is 11.9. The lowest BCUT2D eigenvalue weighted by Gasteiger charge is -2.45. The van der Waals surface area contributed by atoms with Crippen molar-refractivity contribution in [3.8, 4) is 0 Å². The molecule has 4 rings (SSSR count). The van der Waals surface area contributed by atoms with E-state index in [2.05, 4.69) is 36.0 Å². The van der Waals surface area contributed by atoms with Crippen molar-refractivity contribution < 1.29 is 0 Å². The molecule has 2 aromatic heterocycles. The Kier molecular flexibility index (Phi) is 4.48. The molecule has 2 bridgehead atoms. The van der Waals surface area contributed by atoms with Crippen LogP contribution in [0.25, 0.3) is 6.08 Å². The second kappa shape index (κ2) is 6.95. The minimum atomic E-state index is -0.435. The van der Waals surface area contributed by atoms with Crippen LogP contribution in [0.1, 0.15) is 37.1 Å². The summed E-state index contributed by atoms with van der Waals surface area (Å²) < 4.78 is 0. The highest BCUT2D eigenvalue weighted by Gasteiger charge is 2.46. The third kappa shape index (κ3) is 3.12. The average Bonchev–Trinajstić information content (AvgIpc) is 2.65. The van der Waals surface area contributed by atoms with E-state index < -0.39 is 5.54 Å². The van der Waals surface area contributed by atoms with E-state index in [1.165, 1.54) is 11.1 Å². The lowest BCUT2D eigenvalue weighted by molar-refractivity contribution is 0.413. The van der Waals surface area contributed by atoms with Crippen molar-refractivity contribution in [3.63, 3.8) is 0 Å². The summed E-state index contributed by atoms with van der Waals surface area (Å²) in [5, 5.41) is 0. The van der Waals surface area contributed by atoms with Crippen molar-refractivity contribution in [2.24, 2.45) is 10.9 Å². The number of hydrogen-bond donors (Lipinski definition) is 1. The molecule has 2 heterocycles. The van der Waals surface area contributed by atoms with Crippen LogP contribution in [0.2, 0.25) is 0 Å². The first kappa shape index (κ1) is 17.4. The van der Waals surface area contributed by atoms with Crippen molar-refractivity contribution in [3.05, 3.63) is 93.2 Å². The molecule has 0 radical (unpaired) electrons. The van der Waals surface area contributed by atoms with Gasteiger partial charge in [-0.25, -0.2) is 0 Å². The van der Waals surface area contributed by atoms with Gasteiger partial charge in [-0.05, 0) is 49.6 Å². The van der Waals surface area contributed by atoms with Crippen LogP contribution in [0, 0.1) is 5.92 Å². The lowest BCUT2D eigenvalue weighted by Crippen LogP contribution is -2.40. The van der Waals surface area contributed by atoms with Crippen molar-refractivity contribution in [1.29, 1.82) is 0 Å². The van der Waals surface area contributed by atoms with Crippen LogP contribution < -0.4 is 5.56 Å². The molecule has 4 nitrogen and oxygen atoms in total. The van der Waals surface area contributed by atoms with Crippen LogP contribution in [-0.2, 0) is 12.0 Å². The predicted octanol–water partition coefficient (Wildman–Crippen LogP) is 4.22. The molecule has 0 spiro atoms. The van der Waals surface area contributed by atoms with Crippen molar-refractivity contribution >= 4 is 12.3 Å². The van der Waals surface area contributed by atoms with E-state index in [1.807, 2.05) is 42.8 Å². The highest BCUT2D eigenvalue weighted by Crippen LogP contribution is 2.51. The number of nitrogens with zero attached hydrogens (tertiary/aromatic N) is 2. The summed E-state index contributed by atoms with van der Waals surface area (Å²) in [6, 6.07) is 7.50. The van der Waals surface area contributed by atoms with Gasteiger partial charge < -0.3 is 4.98 Å². The lowest BCUT2D eigenvalue weighted by atomic mass is 9.63. The van der Waals surface area contributed by atoms with Gasteiger partial charge in [-0.15, -0.1) is 0 Å². The van der Waals surface area contributed by atoms with E-state index in [1.54, 1.807) is 12.3 Å². The number of aromatic amines is 1. The molecule has 0 fully saturated rings. The number of aromatic nitrogens is 2.